The summed E-state index contributed by atoms with van der Waals surface area (Å²) in [7, 11) is 0. The first kappa shape index (κ1) is 47.8. The topological polar surface area (TPSA) is 108 Å². The van der Waals surface area contributed by atoms with Crippen LogP contribution in [0.2, 0.25) is 5.02 Å². The highest BCUT2D eigenvalue weighted by Crippen LogP contribution is 2.57. The number of unbranched alkanes of at least 4 members (excludes halogenated alkanes) is 6. The van der Waals surface area contributed by atoms with Crippen LogP contribution >= 0.6 is 11.6 Å². The molecular weight excluding hydrogens is 648 g/mol. The zero-order valence-electron chi connectivity index (χ0n) is 33.2. The largest absolute Gasteiger partial charge is 0.394 e. The molecule has 0 spiro atoms. The second-order valence-corrected chi connectivity index (χ2v) is 14.2. The van der Waals surface area contributed by atoms with Gasteiger partial charge in [0.2, 0.25) is 0 Å². The maximum atomic E-state index is 12.1. The Morgan fingerprint density at radius 1 is 0.980 bits per heavy atom. The van der Waals surface area contributed by atoms with Crippen molar-refractivity contribution in [3.05, 3.63) is 56.1 Å². The molecule has 0 aromatic carbocycles. The lowest BCUT2D eigenvalue weighted by Crippen LogP contribution is -2.27. The van der Waals surface area contributed by atoms with Crippen LogP contribution in [0.1, 0.15) is 159 Å². The highest BCUT2D eigenvalue weighted by molar-refractivity contribution is 6.30. The Bertz CT molecular complexity index is 1190. The van der Waals surface area contributed by atoms with E-state index in [4.69, 9.17) is 21.4 Å². The molecule has 0 radical (unpaired) electrons. The number of hydrogen-bond donors (Lipinski definition) is 3. The molecule has 1 fully saturated rings. The Kier molecular flexibility index (Phi) is 28.1. The van der Waals surface area contributed by atoms with E-state index in [1.807, 2.05) is 13.8 Å². The number of aromatic amines is 1. The summed E-state index contributed by atoms with van der Waals surface area (Å²) in [6.07, 6.45) is 20.2. The lowest BCUT2D eigenvalue weighted by Gasteiger charge is -2.17. The number of ketones is 2. The third-order valence-electron chi connectivity index (χ3n) is 9.46. The fraction of sp³-hybridized carbons (Fsp3) is 0.738. The van der Waals surface area contributed by atoms with Crippen molar-refractivity contribution in [2.75, 3.05) is 19.8 Å². The minimum absolute atomic E-state index is 0.104. The Labute approximate surface area is 310 Å². The lowest BCUT2D eigenvalue weighted by atomic mass is 9.92. The van der Waals surface area contributed by atoms with E-state index in [-0.39, 0.29) is 34.7 Å². The number of aromatic nitrogens is 1. The number of hydrogen-bond acceptors (Lipinski definition) is 6. The van der Waals surface area contributed by atoms with E-state index in [0.29, 0.717) is 31.1 Å². The number of aliphatic hydroxyl groups is 1. The Morgan fingerprint density at radius 2 is 1.62 bits per heavy atom. The van der Waals surface area contributed by atoms with Crippen LogP contribution in [-0.2, 0) is 14.3 Å². The van der Waals surface area contributed by atoms with Crippen molar-refractivity contribution in [1.82, 2.24) is 10.3 Å². The molecule has 0 amide bonds. The van der Waals surface area contributed by atoms with Crippen LogP contribution in [0.25, 0.3) is 0 Å². The minimum Gasteiger partial charge on any atom is -0.394 e. The third-order valence-corrected chi connectivity index (χ3v) is 9.76. The number of nitrogens with one attached hydrogen (secondary N) is 2. The Balaban J connectivity index is 0.000000723. The van der Waals surface area contributed by atoms with Crippen molar-refractivity contribution in [3.63, 3.8) is 0 Å². The Morgan fingerprint density at radius 3 is 2.10 bits per heavy atom. The van der Waals surface area contributed by atoms with Gasteiger partial charge in [-0.25, -0.2) is 0 Å². The number of Topliss-reactive ketones (excluding diaryl/α,β-unsaturated/α-hetero) is 2. The molecule has 4 unspecified atom stereocenters. The van der Waals surface area contributed by atoms with Gasteiger partial charge in [-0.15, -0.1) is 0 Å². The van der Waals surface area contributed by atoms with Gasteiger partial charge in [0.05, 0.1) is 25.9 Å². The van der Waals surface area contributed by atoms with Crippen LogP contribution in [0.3, 0.4) is 0 Å². The van der Waals surface area contributed by atoms with E-state index < -0.39 is 0 Å². The summed E-state index contributed by atoms with van der Waals surface area (Å²) < 4.78 is 5.53. The molecule has 1 aromatic rings. The molecule has 3 N–H and O–H groups in total. The monoisotopic (exact) mass is 721 g/mol. The number of aliphatic hydroxyl groups excluding tert-OH is 1. The maximum absolute atomic E-state index is 12.1. The summed E-state index contributed by atoms with van der Waals surface area (Å²) in [4.78, 5) is 37.1. The van der Waals surface area contributed by atoms with Gasteiger partial charge in [-0.1, -0.05) is 123 Å². The Hall–Kier alpha value is -2.22. The van der Waals surface area contributed by atoms with E-state index in [0.717, 1.165) is 43.4 Å². The number of halogens is 1. The van der Waals surface area contributed by atoms with Crippen LogP contribution in [0.5, 0.6) is 0 Å². The van der Waals surface area contributed by atoms with Crippen molar-refractivity contribution >= 4 is 23.2 Å². The number of carbonyl (C=O) groups is 2. The second kappa shape index (κ2) is 29.4. The predicted octanol–water partition coefficient (Wildman–Crippen LogP) is 10.5. The van der Waals surface area contributed by atoms with E-state index >= 15 is 0 Å². The van der Waals surface area contributed by atoms with E-state index in [1.54, 1.807) is 19.1 Å². The van der Waals surface area contributed by atoms with Gasteiger partial charge in [-0.2, -0.15) is 0 Å². The number of pyridine rings is 1. The quantitative estimate of drug-likeness (QED) is 0.0862. The summed E-state index contributed by atoms with van der Waals surface area (Å²) in [6.45, 7) is 19.8. The highest BCUT2D eigenvalue weighted by atomic mass is 35.5. The van der Waals surface area contributed by atoms with Crippen molar-refractivity contribution in [2.24, 2.45) is 17.8 Å². The summed E-state index contributed by atoms with van der Waals surface area (Å²) >= 11 is 5.36. The van der Waals surface area contributed by atoms with Gasteiger partial charge >= 0.3 is 0 Å². The fourth-order valence-corrected chi connectivity index (χ4v) is 6.10. The molecule has 7 nitrogen and oxygen atoms in total. The second-order valence-electron chi connectivity index (χ2n) is 13.8. The van der Waals surface area contributed by atoms with Gasteiger partial charge < -0.3 is 20.1 Å². The summed E-state index contributed by atoms with van der Waals surface area (Å²) in [5.74, 6) is 1.76. The standard InChI is InChI=1S/C19H29NO2.C11H24O2.C7H16.C5H4ClNO/c1-6-11(3)17(22)10-20-16-9-14-8-15(14)19(16)18(13(5)21)12(4)7-2;1-3-5-6-8-11(7-4-2)13-10-9-12;1-3-5-7-6-4-2;6-4-2-1-3-7-5(4)8/h11,14-15,20H,6-10H2,1-5H3;11-12H,3-10H2,1-2H3;3-7H2,1-2H3;1-3H,(H,7,8). The molecule has 288 valence electrons. The first-order valence-corrected chi connectivity index (χ1v) is 20.1. The van der Waals surface area contributed by atoms with Crippen LogP contribution < -0.4 is 10.9 Å². The number of carbonyl (C=O) groups excluding carboxylic acids is 2. The molecule has 2 aliphatic rings. The fourth-order valence-electron chi connectivity index (χ4n) is 5.97. The van der Waals surface area contributed by atoms with Crippen molar-refractivity contribution in [2.45, 2.75) is 165 Å². The highest BCUT2D eigenvalue weighted by Gasteiger charge is 2.48. The number of fused-ring (bicyclic) bond motifs is 1. The molecule has 2 aliphatic carbocycles. The van der Waals surface area contributed by atoms with Crippen LogP contribution in [0, 0.1) is 17.8 Å². The van der Waals surface area contributed by atoms with Crippen LogP contribution in [0.15, 0.2) is 45.5 Å². The van der Waals surface area contributed by atoms with Gasteiger partial charge in [-0.05, 0) is 81.9 Å². The SMILES string of the molecule is CCC(C)=C(C(C)=O)C1=C(NCC(=O)C(C)CC)CC2CC12.CCCCCC(CCC)OCCO.CCCCCCC.O=c1[nH]cccc1Cl. The van der Waals surface area contributed by atoms with Gasteiger partial charge in [0.25, 0.3) is 5.56 Å². The first-order chi connectivity index (χ1) is 24.0. The van der Waals surface area contributed by atoms with Gasteiger partial charge in [-0.3, -0.25) is 14.4 Å². The molecule has 3 rings (SSSR count). The zero-order valence-corrected chi connectivity index (χ0v) is 34.0. The van der Waals surface area contributed by atoms with Crippen molar-refractivity contribution < 1.29 is 19.4 Å². The maximum Gasteiger partial charge on any atom is 0.266 e. The number of ether oxygens (including phenoxy) is 1. The van der Waals surface area contributed by atoms with Crippen LogP contribution in [0.4, 0.5) is 0 Å². The van der Waals surface area contributed by atoms with Gasteiger partial charge in [0.15, 0.2) is 11.6 Å². The third kappa shape index (κ3) is 20.0. The molecule has 1 saturated carbocycles. The molecule has 0 saturated heterocycles. The summed E-state index contributed by atoms with van der Waals surface area (Å²) in [6, 6.07) is 3.21. The normalized spacial score (nSPS) is 17.4. The molecule has 1 aromatic heterocycles. The van der Waals surface area contributed by atoms with Crippen LogP contribution in [-0.4, -0.2) is 47.5 Å². The lowest BCUT2D eigenvalue weighted by molar-refractivity contribution is -0.121. The number of H-pyrrole nitrogens is 1. The average molecular weight is 722 g/mol. The van der Waals surface area contributed by atoms with Crippen molar-refractivity contribution in [1.29, 1.82) is 0 Å². The zero-order chi connectivity index (χ0) is 37.9. The van der Waals surface area contributed by atoms with Gasteiger partial charge in [0.1, 0.15) is 5.02 Å². The molecule has 0 aliphatic heterocycles. The van der Waals surface area contributed by atoms with Crippen molar-refractivity contribution in [3.8, 4) is 0 Å². The molecule has 4 atom stereocenters. The van der Waals surface area contributed by atoms with E-state index in [9.17, 15) is 14.4 Å². The summed E-state index contributed by atoms with van der Waals surface area (Å²) in [5.41, 5.74) is 4.22. The summed E-state index contributed by atoms with van der Waals surface area (Å²) in [5, 5.41) is 12.2. The number of rotatable bonds is 21. The molecule has 50 heavy (non-hydrogen) atoms. The molecule has 1 heterocycles. The van der Waals surface area contributed by atoms with E-state index in [2.05, 4.69) is 51.8 Å². The van der Waals surface area contributed by atoms with E-state index in [1.165, 1.54) is 81.6 Å². The number of allylic oxidation sites excluding steroid dienone is 4. The predicted molar refractivity (Wildman–Crippen MR) is 212 cm³/mol. The minimum atomic E-state index is -0.242. The molecule has 8 heteroatoms. The first-order valence-electron chi connectivity index (χ1n) is 19.7. The molecular formula is C42H73ClN2O5. The van der Waals surface area contributed by atoms with Gasteiger partial charge in [0, 0.05) is 23.4 Å². The smallest absolute Gasteiger partial charge is 0.266 e. The molecule has 0 bridgehead atoms. The average Bonchev–Trinajstić information content (AvgIpc) is 3.79.